The van der Waals surface area contributed by atoms with Crippen molar-refractivity contribution in [3.8, 4) is 0 Å². The fourth-order valence-electron chi connectivity index (χ4n) is 1.65. The van der Waals surface area contributed by atoms with E-state index in [-0.39, 0.29) is 5.56 Å². The minimum Gasteiger partial charge on any atom is -0.480 e. The van der Waals surface area contributed by atoms with Gasteiger partial charge in [0.1, 0.15) is 6.04 Å². The van der Waals surface area contributed by atoms with Crippen LogP contribution < -0.4 is 11.1 Å². The lowest BCUT2D eigenvalue weighted by Crippen LogP contribution is -2.40. The molecule has 1 amide bonds. The fourth-order valence-corrected chi connectivity index (χ4v) is 1.89. The van der Waals surface area contributed by atoms with Gasteiger partial charge in [0.05, 0.1) is 0 Å². The molecule has 104 valence electrons. The summed E-state index contributed by atoms with van der Waals surface area (Å²) in [6.45, 7) is 1.96. The second-order valence-electron chi connectivity index (χ2n) is 4.28. The summed E-state index contributed by atoms with van der Waals surface area (Å²) in [5, 5.41) is 11.8. The van der Waals surface area contributed by atoms with Crippen molar-refractivity contribution in [1.29, 1.82) is 0 Å². The van der Waals surface area contributed by atoms with Crippen LogP contribution in [0.15, 0.2) is 18.2 Å². The second-order valence-corrected chi connectivity index (χ2v) is 4.72. The third-order valence-electron chi connectivity index (χ3n) is 2.63. The van der Waals surface area contributed by atoms with E-state index in [0.29, 0.717) is 17.1 Å². The number of rotatable bonds is 6. The number of hydrogen-bond donors (Lipinski definition) is 3. The van der Waals surface area contributed by atoms with E-state index < -0.39 is 17.9 Å². The van der Waals surface area contributed by atoms with Crippen molar-refractivity contribution in [2.45, 2.75) is 32.2 Å². The molecule has 5 nitrogen and oxygen atoms in total. The molecule has 0 spiro atoms. The highest BCUT2D eigenvalue weighted by Gasteiger charge is 2.20. The monoisotopic (exact) mass is 284 g/mol. The van der Waals surface area contributed by atoms with E-state index in [4.69, 9.17) is 22.4 Å². The van der Waals surface area contributed by atoms with E-state index >= 15 is 0 Å². The van der Waals surface area contributed by atoms with Crippen molar-refractivity contribution in [1.82, 2.24) is 5.32 Å². The van der Waals surface area contributed by atoms with Gasteiger partial charge in [-0.3, -0.25) is 4.79 Å². The van der Waals surface area contributed by atoms with Crippen molar-refractivity contribution in [2.75, 3.05) is 5.73 Å². The number of carbonyl (C=O) groups is 2. The average molecular weight is 285 g/mol. The van der Waals surface area contributed by atoms with Crippen molar-refractivity contribution in [2.24, 2.45) is 0 Å². The number of benzene rings is 1. The molecule has 1 rings (SSSR count). The van der Waals surface area contributed by atoms with Crippen LogP contribution in [0, 0.1) is 0 Å². The first-order valence-electron chi connectivity index (χ1n) is 6.03. The SMILES string of the molecule is CCCCC(NC(=O)c1cc(N)cc(Cl)c1)C(=O)O. The van der Waals surface area contributed by atoms with Crippen LogP contribution >= 0.6 is 11.6 Å². The van der Waals surface area contributed by atoms with Gasteiger partial charge in [0.15, 0.2) is 0 Å². The van der Waals surface area contributed by atoms with Crippen LogP contribution in [0.5, 0.6) is 0 Å². The highest BCUT2D eigenvalue weighted by atomic mass is 35.5. The molecule has 0 saturated heterocycles. The molecule has 0 saturated carbocycles. The lowest BCUT2D eigenvalue weighted by atomic mass is 10.1. The predicted molar refractivity (Wildman–Crippen MR) is 74.3 cm³/mol. The largest absolute Gasteiger partial charge is 0.480 e. The normalized spacial score (nSPS) is 11.9. The number of carboxylic acid groups (broad SMARTS) is 1. The van der Waals surface area contributed by atoms with Gasteiger partial charge in [0.2, 0.25) is 0 Å². The van der Waals surface area contributed by atoms with Gasteiger partial charge in [-0.05, 0) is 24.6 Å². The van der Waals surface area contributed by atoms with E-state index in [9.17, 15) is 9.59 Å². The first-order valence-corrected chi connectivity index (χ1v) is 6.41. The van der Waals surface area contributed by atoms with E-state index in [1.807, 2.05) is 6.92 Å². The molecule has 0 aliphatic heterocycles. The number of amides is 1. The summed E-state index contributed by atoms with van der Waals surface area (Å²) >= 11 is 5.80. The molecule has 4 N–H and O–H groups in total. The van der Waals surface area contributed by atoms with Gasteiger partial charge < -0.3 is 16.2 Å². The van der Waals surface area contributed by atoms with Crippen LogP contribution in [0.1, 0.15) is 36.5 Å². The van der Waals surface area contributed by atoms with Gasteiger partial charge in [-0.1, -0.05) is 31.4 Å². The lowest BCUT2D eigenvalue weighted by Gasteiger charge is -2.14. The van der Waals surface area contributed by atoms with Crippen molar-refractivity contribution in [3.63, 3.8) is 0 Å². The Balaban J connectivity index is 2.78. The van der Waals surface area contributed by atoms with Crippen molar-refractivity contribution in [3.05, 3.63) is 28.8 Å². The molecule has 6 heteroatoms. The Morgan fingerprint density at radius 3 is 2.63 bits per heavy atom. The standard InChI is InChI=1S/C13H17ClN2O3/c1-2-3-4-11(13(18)19)16-12(17)8-5-9(14)7-10(15)6-8/h5-7,11H,2-4,15H2,1H3,(H,16,17)(H,18,19). The fraction of sp³-hybridized carbons (Fsp3) is 0.385. The number of hydrogen-bond acceptors (Lipinski definition) is 3. The highest BCUT2D eigenvalue weighted by molar-refractivity contribution is 6.31. The van der Waals surface area contributed by atoms with Gasteiger partial charge in [-0.15, -0.1) is 0 Å². The number of aliphatic carboxylic acids is 1. The summed E-state index contributed by atoms with van der Waals surface area (Å²) in [5.41, 5.74) is 6.20. The van der Waals surface area contributed by atoms with Gasteiger partial charge in [0, 0.05) is 16.3 Å². The van der Waals surface area contributed by atoms with Crippen LogP contribution in [0.3, 0.4) is 0 Å². The highest BCUT2D eigenvalue weighted by Crippen LogP contribution is 2.16. The first kappa shape index (κ1) is 15.3. The zero-order valence-electron chi connectivity index (χ0n) is 10.6. The Bertz CT molecular complexity index is 457. The van der Waals surface area contributed by atoms with Gasteiger partial charge in [-0.2, -0.15) is 0 Å². The molecule has 0 heterocycles. The Morgan fingerprint density at radius 2 is 2.11 bits per heavy atom. The second kappa shape index (κ2) is 6.99. The van der Waals surface area contributed by atoms with E-state index in [1.54, 1.807) is 0 Å². The summed E-state index contributed by atoms with van der Waals surface area (Å²) < 4.78 is 0. The molecular weight excluding hydrogens is 268 g/mol. The Hall–Kier alpha value is -1.75. The number of nitrogens with two attached hydrogens (primary N) is 1. The van der Waals surface area contributed by atoms with Gasteiger partial charge >= 0.3 is 5.97 Å². The molecule has 0 aromatic heterocycles. The Morgan fingerprint density at radius 1 is 1.42 bits per heavy atom. The van der Waals surface area contributed by atoms with Crippen LogP contribution in [0.2, 0.25) is 5.02 Å². The number of nitrogens with one attached hydrogen (secondary N) is 1. The van der Waals surface area contributed by atoms with E-state index in [2.05, 4.69) is 5.32 Å². The number of carboxylic acids is 1. The van der Waals surface area contributed by atoms with Crippen LogP contribution in [0.25, 0.3) is 0 Å². The third-order valence-corrected chi connectivity index (χ3v) is 2.85. The Labute approximate surface area is 116 Å². The zero-order valence-corrected chi connectivity index (χ0v) is 11.4. The number of halogens is 1. The Kier molecular flexibility index (Phi) is 5.63. The first-order chi connectivity index (χ1) is 8.93. The van der Waals surface area contributed by atoms with Crippen LogP contribution in [-0.4, -0.2) is 23.0 Å². The number of nitrogen functional groups attached to an aromatic ring is 1. The van der Waals surface area contributed by atoms with Gasteiger partial charge in [0.25, 0.3) is 5.91 Å². The minimum absolute atomic E-state index is 0.257. The maximum Gasteiger partial charge on any atom is 0.326 e. The number of carbonyl (C=O) groups excluding carboxylic acids is 1. The summed E-state index contributed by atoms with van der Waals surface area (Å²) in [6.07, 6.45) is 1.99. The maximum absolute atomic E-state index is 11.9. The van der Waals surface area contributed by atoms with Crippen molar-refractivity contribution < 1.29 is 14.7 Å². The molecule has 1 aromatic carbocycles. The summed E-state index contributed by atoms with van der Waals surface area (Å²) in [7, 11) is 0. The molecule has 0 aliphatic rings. The quantitative estimate of drug-likeness (QED) is 0.699. The van der Waals surface area contributed by atoms with Crippen LogP contribution in [0.4, 0.5) is 5.69 Å². The molecular formula is C13H17ClN2O3. The number of anilines is 1. The molecule has 1 aromatic rings. The molecule has 0 fully saturated rings. The van der Waals surface area contributed by atoms with E-state index in [0.717, 1.165) is 12.8 Å². The summed E-state index contributed by atoms with van der Waals surface area (Å²) in [4.78, 5) is 23.0. The molecule has 1 unspecified atom stereocenters. The smallest absolute Gasteiger partial charge is 0.326 e. The van der Waals surface area contributed by atoms with Gasteiger partial charge in [-0.25, -0.2) is 4.79 Å². The molecule has 0 aliphatic carbocycles. The lowest BCUT2D eigenvalue weighted by molar-refractivity contribution is -0.139. The van der Waals surface area contributed by atoms with E-state index in [1.165, 1.54) is 18.2 Å². The molecule has 1 atom stereocenters. The topological polar surface area (TPSA) is 92.4 Å². The predicted octanol–water partition coefficient (Wildman–Crippen LogP) is 2.30. The molecule has 0 bridgehead atoms. The third kappa shape index (κ3) is 4.79. The number of unbranched alkanes of at least 4 members (excludes halogenated alkanes) is 1. The maximum atomic E-state index is 11.9. The zero-order chi connectivity index (χ0) is 14.4. The summed E-state index contributed by atoms with van der Waals surface area (Å²) in [5.74, 6) is -1.53. The van der Waals surface area contributed by atoms with Crippen molar-refractivity contribution >= 4 is 29.2 Å². The molecule has 0 radical (unpaired) electrons. The minimum atomic E-state index is -1.04. The average Bonchev–Trinajstić information content (AvgIpc) is 2.32. The summed E-state index contributed by atoms with van der Waals surface area (Å²) in [6, 6.07) is 3.53. The molecule has 19 heavy (non-hydrogen) atoms. The van der Waals surface area contributed by atoms with Crippen LogP contribution in [-0.2, 0) is 4.79 Å².